The minimum atomic E-state index is 0.352. The molecule has 0 spiro atoms. The van der Waals surface area contributed by atoms with Gasteiger partial charge in [0.2, 0.25) is 0 Å². The lowest BCUT2D eigenvalue weighted by molar-refractivity contribution is 0.0772. The minimum Gasteiger partial charge on any atom is -0.379 e. The highest BCUT2D eigenvalue weighted by molar-refractivity contribution is 7.99. The van der Waals surface area contributed by atoms with Gasteiger partial charge in [0.05, 0.1) is 6.10 Å². The Morgan fingerprint density at radius 2 is 2.05 bits per heavy atom. The van der Waals surface area contributed by atoms with Gasteiger partial charge in [0.1, 0.15) is 0 Å². The van der Waals surface area contributed by atoms with Crippen molar-refractivity contribution in [2.75, 3.05) is 25.4 Å². The molecular formula is C17H27NOS. The van der Waals surface area contributed by atoms with Gasteiger partial charge in [-0.15, -0.1) is 11.8 Å². The number of fused-ring (bicyclic) bond motifs is 1. The van der Waals surface area contributed by atoms with Gasteiger partial charge in [-0.2, -0.15) is 0 Å². The zero-order valence-corrected chi connectivity index (χ0v) is 13.6. The van der Waals surface area contributed by atoms with Crippen molar-refractivity contribution < 1.29 is 4.74 Å². The Morgan fingerprint density at radius 1 is 1.20 bits per heavy atom. The molecule has 20 heavy (non-hydrogen) atoms. The summed E-state index contributed by atoms with van der Waals surface area (Å²) in [6, 6.07) is 7.00. The molecule has 0 amide bonds. The van der Waals surface area contributed by atoms with E-state index in [0.717, 1.165) is 31.9 Å². The van der Waals surface area contributed by atoms with Crippen LogP contribution >= 0.6 is 11.8 Å². The molecule has 0 saturated heterocycles. The smallest absolute Gasteiger partial charge is 0.0518 e. The maximum absolute atomic E-state index is 5.52. The second-order valence-corrected chi connectivity index (χ2v) is 6.82. The third-order valence-corrected chi connectivity index (χ3v) is 4.56. The van der Waals surface area contributed by atoms with Crippen molar-refractivity contribution in [2.45, 2.75) is 50.5 Å². The van der Waals surface area contributed by atoms with E-state index in [4.69, 9.17) is 4.74 Å². The van der Waals surface area contributed by atoms with E-state index in [1.807, 2.05) is 11.8 Å². The van der Waals surface area contributed by atoms with Crippen LogP contribution in [0.2, 0.25) is 0 Å². The normalized spacial score (nSPS) is 13.9. The van der Waals surface area contributed by atoms with Gasteiger partial charge in [-0.05, 0) is 69.3 Å². The molecule has 0 fully saturated rings. The van der Waals surface area contributed by atoms with Crippen molar-refractivity contribution in [3.63, 3.8) is 0 Å². The zero-order valence-electron chi connectivity index (χ0n) is 12.8. The molecule has 0 atom stereocenters. The van der Waals surface area contributed by atoms with Crippen molar-refractivity contribution in [3.8, 4) is 0 Å². The van der Waals surface area contributed by atoms with E-state index < -0.39 is 0 Å². The zero-order chi connectivity index (χ0) is 14.2. The Labute approximate surface area is 127 Å². The largest absolute Gasteiger partial charge is 0.379 e. The van der Waals surface area contributed by atoms with Crippen LogP contribution in [-0.4, -0.2) is 31.6 Å². The van der Waals surface area contributed by atoms with Gasteiger partial charge in [0.15, 0.2) is 0 Å². The van der Waals surface area contributed by atoms with Gasteiger partial charge in [-0.3, -0.25) is 0 Å². The van der Waals surface area contributed by atoms with Gasteiger partial charge in [0.25, 0.3) is 0 Å². The third kappa shape index (κ3) is 5.47. The lowest BCUT2D eigenvalue weighted by atomic mass is 10.1. The van der Waals surface area contributed by atoms with E-state index in [-0.39, 0.29) is 0 Å². The first-order chi connectivity index (χ1) is 9.75. The van der Waals surface area contributed by atoms with E-state index in [0.29, 0.717) is 6.10 Å². The SMILES string of the molecule is CC(C)OCCCNCCSc1ccc2c(c1)CCC2. The fourth-order valence-corrected chi connectivity index (χ4v) is 3.39. The number of aryl methyl sites for hydroxylation is 2. The molecule has 2 rings (SSSR count). The first-order valence-corrected chi connectivity index (χ1v) is 8.81. The van der Waals surface area contributed by atoms with Crippen LogP contribution in [0.15, 0.2) is 23.1 Å². The Morgan fingerprint density at radius 3 is 2.90 bits per heavy atom. The highest BCUT2D eigenvalue weighted by Crippen LogP contribution is 2.27. The molecule has 1 aromatic rings. The number of rotatable bonds is 9. The Hall–Kier alpha value is -0.510. The summed E-state index contributed by atoms with van der Waals surface area (Å²) in [7, 11) is 0. The molecular weight excluding hydrogens is 266 g/mol. The lowest BCUT2D eigenvalue weighted by Crippen LogP contribution is -2.20. The molecule has 0 saturated carbocycles. The highest BCUT2D eigenvalue weighted by Gasteiger charge is 2.10. The van der Waals surface area contributed by atoms with E-state index in [1.165, 1.54) is 24.2 Å². The predicted molar refractivity (Wildman–Crippen MR) is 87.8 cm³/mol. The van der Waals surface area contributed by atoms with Crippen LogP contribution in [0.4, 0.5) is 0 Å². The van der Waals surface area contributed by atoms with Crippen LogP contribution in [0.1, 0.15) is 37.8 Å². The van der Waals surface area contributed by atoms with Gasteiger partial charge >= 0.3 is 0 Å². The van der Waals surface area contributed by atoms with E-state index >= 15 is 0 Å². The average molecular weight is 293 g/mol. The molecule has 112 valence electrons. The minimum absolute atomic E-state index is 0.352. The van der Waals surface area contributed by atoms with Gasteiger partial charge < -0.3 is 10.1 Å². The molecule has 0 unspecified atom stereocenters. The fraction of sp³-hybridized carbons (Fsp3) is 0.647. The van der Waals surface area contributed by atoms with Crippen LogP contribution in [0.3, 0.4) is 0 Å². The summed E-state index contributed by atoms with van der Waals surface area (Å²) < 4.78 is 5.52. The maximum Gasteiger partial charge on any atom is 0.0518 e. The summed E-state index contributed by atoms with van der Waals surface area (Å²) in [6.45, 7) is 7.16. The van der Waals surface area contributed by atoms with E-state index in [9.17, 15) is 0 Å². The van der Waals surface area contributed by atoms with Crippen molar-refractivity contribution >= 4 is 11.8 Å². The molecule has 0 radical (unpaired) electrons. The van der Waals surface area contributed by atoms with Crippen molar-refractivity contribution in [2.24, 2.45) is 0 Å². The molecule has 1 N–H and O–H groups in total. The Kier molecular flexibility index (Phi) is 6.91. The maximum atomic E-state index is 5.52. The van der Waals surface area contributed by atoms with Crippen LogP contribution in [-0.2, 0) is 17.6 Å². The van der Waals surface area contributed by atoms with Crippen LogP contribution in [0.25, 0.3) is 0 Å². The first-order valence-electron chi connectivity index (χ1n) is 7.82. The van der Waals surface area contributed by atoms with Crippen molar-refractivity contribution in [1.29, 1.82) is 0 Å². The predicted octanol–water partition coefficient (Wildman–Crippen LogP) is 3.67. The Balaban J connectivity index is 1.53. The van der Waals surface area contributed by atoms with Crippen molar-refractivity contribution in [1.82, 2.24) is 5.32 Å². The number of hydrogen-bond donors (Lipinski definition) is 1. The summed E-state index contributed by atoms with van der Waals surface area (Å²) in [4.78, 5) is 1.43. The molecule has 1 aliphatic carbocycles. The molecule has 1 aliphatic rings. The summed E-state index contributed by atoms with van der Waals surface area (Å²) in [6.07, 6.45) is 5.34. The average Bonchev–Trinajstić information content (AvgIpc) is 2.89. The Bertz CT molecular complexity index is 406. The topological polar surface area (TPSA) is 21.3 Å². The van der Waals surface area contributed by atoms with Gasteiger partial charge in [-0.25, -0.2) is 0 Å². The number of ether oxygens (including phenoxy) is 1. The molecule has 2 nitrogen and oxygen atoms in total. The van der Waals surface area contributed by atoms with Crippen molar-refractivity contribution in [3.05, 3.63) is 29.3 Å². The van der Waals surface area contributed by atoms with Crippen LogP contribution < -0.4 is 5.32 Å². The molecule has 0 aliphatic heterocycles. The summed E-state index contributed by atoms with van der Waals surface area (Å²) in [5, 5.41) is 3.48. The van der Waals surface area contributed by atoms with E-state index in [2.05, 4.69) is 37.4 Å². The second-order valence-electron chi connectivity index (χ2n) is 5.66. The molecule has 0 heterocycles. The van der Waals surface area contributed by atoms with Gasteiger partial charge in [-0.1, -0.05) is 6.07 Å². The number of thioether (sulfide) groups is 1. The number of nitrogens with one attached hydrogen (secondary N) is 1. The first kappa shape index (κ1) is 15.9. The van der Waals surface area contributed by atoms with Gasteiger partial charge in [0, 0.05) is 23.8 Å². The number of hydrogen-bond acceptors (Lipinski definition) is 3. The van der Waals surface area contributed by atoms with Crippen LogP contribution in [0.5, 0.6) is 0 Å². The summed E-state index contributed by atoms with van der Waals surface area (Å²) in [5.74, 6) is 1.14. The lowest BCUT2D eigenvalue weighted by Gasteiger charge is -2.08. The number of benzene rings is 1. The molecule has 0 aromatic heterocycles. The molecule has 0 bridgehead atoms. The van der Waals surface area contributed by atoms with Crippen LogP contribution in [0, 0.1) is 0 Å². The summed E-state index contributed by atoms with van der Waals surface area (Å²) in [5.41, 5.74) is 3.14. The standard InChI is InChI=1S/C17H27NOS/c1-14(2)19-11-4-9-18-10-12-20-17-8-7-15-5-3-6-16(15)13-17/h7-8,13-14,18H,3-6,9-12H2,1-2H3. The monoisotopic (exact) mass is 293 g/mol. The molecule has 3 heteroatoms. The third-order valence-electron chi connectivity index (χ3n) is 3.57. The highest BCUT2D eigenvalue weighted by atomic mass is 32.2. The second kappa shape index (κ2) is 8.71. The molecule has 1 aromatic carbocycles. The van der Waals surface area contributed by atoms with E-state index in [1.54, 1.807) is 11.1 Å². The summed E-state index contributed by atoms with van der Waals surface area (Å²) >= 11 is 1.96. The quantitative estimate of drug-likeness (QED) is 0.554. The fourth-order valence-electron chi connectivity index (χ4n) is 2.52.